The first-order valence-electron chi connectivity index (χ1n) is 12.2. The van der Waals surface area contributed by atoms with Gasteiger partial charge in [0.05, 0.1) is 0 Å². The number of rotatable bonds is 6. The van der Waals surface area contributed by atoms with E-state index >= 15 is 0 Å². The summed E-state index contributed by atoms with van der Waals surface area (Å²) in [7, 11) is -7.00. The molecule has 4 rings (SSSR count). The van der Waals surface area contributed by atoms with Crippen molar-refractivity contribution in [1.82, 2.24) is 5.32 Å². The summed E-state index contributed by atoms with van der Waals surface area (Å²) < 4.78 is 46.3. The van der Waals surface area contributed by atoms with E-state index in [2.05, 4.69) is 52.7 Å². The van der Waals surface area contributed by atoms with Crippen LogP contribution >= 0.6 is 0 Å². The van der Waals surface area contributed by atoms with E-state index in [0.717, 1.165) is 22.3 Å². The van der Waals surface area contributed by atoms with E-state index in [-0.39, 0.29) is 24.8 Å². The Balaban J connectivity index is 1.52. The largest absolute Gasteiger partial charge is 0.488 e. The van der Waals surface area contributed by atoms with Crippen LogP contribution in [0.1, 0.15) is 39.3 Å². The van der Waals surface area contributed by atoms with Crippen molar-refractivity contribution in [3.63, 3.8) is 0 Å². The molecule has 0 spiro atoms. The number of nitrogens with one attached hydrogen (secondary N) is 1. The number of carbonyl (C=O) groups is 1. The zero-order valence-electron chi connectivity index (χ0n) is 22.0. The predicted octanol–water partition coefficient (Wildman–Crippen LogP) is 6.16. The van der Waals surface area contributed by atoms with Crippen LogP contribution in [0.15, 0.2) is 54.6 Å². The highest BCUT2D eigenvalue weighted by Gasteiger charge is 2.29. The van der Waals surface area contributed by atoms with Gasteiger partial charge in [-0.3, -0.25) is 0 Å². The number of ether oxygens (including phenoxy) is 1. The molecule has 0 fully saturated rings. The summed E-state index contributed by atoms with van der Waals surface area (Å²) in [6.07, 6.45) is -0.623. The van der Waals surface area contributed by atoms with Gasteiger partial charge in [0.1, 0.15) is 14.7 Å². The van der Waals surface area contributed by atoms with E-state index in [0.29, 0.717) is 22.3 Å². The molecule has 1 aliphatic rings. The number of fused-ring (bicyclic) bond motifs is 3. The minimum atomic E-state index is -5.25. The summed E-state index contributed by atoms with van der Waals surface area (Å²) >= 11 is 0. The van der Waals surface area contributed by atoms with Crippen molar-refractivity contribution >= 4 is 24.7 Å². The maximum atomic E-state index is 13.5. The molecule has 9 heteroatoms. The van der Waals surface area contributed by atoms with Gasteiger partial charge >= 0.3 is 16.6 Å². The van der Waals surface area contributed by atoms with E-state index < -0.39 is 24.7 Å². The Labute approximate surface area is 224 Å². The molecule has 6 nitrogen and oxygen atoms in total. The molecule has 198 valence electrons. The standard InChI is InChI=1S/C29H30FNO5SSi/c1-19-21(14-15-38(3,4)5)16-22(20(2)28(19)36-37(30,33)34)17-31-29(32)35-18-27-25-12-8-6-10-23(25)24-11-7-9-13-26(24)27/h6-13,16,27H,17-18H2,1-5H3,(H,31,32). The van der Waals surface area contributed by atoms with E-state index in [9.17, 15) is 17.1 Å². The molecule has 3 aromatic rings. The molecule has 0 saturated heterocycles. The first-order chi connectivity index (χ1) is 17.8. The number of halogens is 1. The summed E-state index contributed by atoms with van der Waals surface area (Å²) in [5.74, 6) is 2.88. The SMILES string of the molecule is Cc1c(C#C[Si](C)(C)C)cc(CNC(=O)OCC2c3ccccc3-c3ccccc32)c(C)c1OS(=O)(=O)F. The van der Waals surface area contributed by atoms with Crippen LogP contribution in [0.5, 0.6) is 5.75 Å². The third kappa shape index (κ3) is 6.26. The summed E-state index contributed by atoms with van der Waals surface area (Å²) in [6, 6.07) is 17.9. The molecule has 3 aromatic carbocycles. The van der Waals surface area contributed by atoms with E-state index in [1.54, 1.807) is 19.9 Å². The minimum Gasteiger partial charge on any atom is -0.449 e. The van der Waals surface area contributed by atoms with Crippen LogP contribution in [-0.2, 0) is 21.8 Å². The number of hydrogen-bond acceptors (Lipinski definition) is 5. The molecule has 0 atom stereocenters. The summed E-state index contributed by atoms with van der Waals surface area (Å²) in [5.41, 5.74) is 9.57. The Bertz CT molecular complexity index is 1520. The molecule has 1 aliphatic carbocycles. The highest BCUT2D eigenvalue weighted by Crippen LogP contribution is 2.44. The lowest BCUT2D eigenvalue weighted by atomic mass is 9.98. The molecule has 0 unspecified atom stereocenters. The fraction of sp³-hybridized carbons (Fsp3) is 0.276. The van der Waals surface area contributed by atoms with Crippen LogP contribution in [0.25, 0.3) is 11.1 Å². The summed E-state index contributed by atoms with van der Waals surface area (Å²) in [4.78, 5) is 12.7. The van der Waals surface area contributed by atoms with Gasteiger partial charge in [0.2, 0.25) is 0 Å². The van der Waals surface area contributed by atoms with Crippen molar-refractivity contribution in [2.45, 2.75) is 46.0 Å². The van der Waals surface area contributed by atoms with Crippen molar-refractivity contribution < 1.29 is 26.0 Å². The number of amides is 1. The van der Waals surface area contributed by atoms with Crippen molar-refractivity contribution in [2.24, 2.45) is 0 Å². The lowest BCUT2D eigenvalue weighted by molar-refractivity contribution is 0.142. The highest BCUT2D eigenvalue weighted by molar-refractivity contribution is 7.81. The fourth-order valence-corrected chi connectivity index (χ4v) is 5.51. The quantitative estimate of drug-likeness (QED) is 0.225. The third-order valence-electron chi connectivity index (χ3n) is 6.41. The summed E-state index contributed by atoms with van der Waals surface area (Å²) in [6.45, 7) is 9.65. The van der Waals surface area contributed by atoms with Gasteiger partial charge in [-0.25, -0.2) is 4.79 Å². The molecule has 1 amide bonds. The average molecular weight is 552 g/mol. The van der Waals surface area contributed by atoms with Gasteiger partial charge in [-0.15, -0.1) is 5.54 Å². The van der Waals surface area contributed by atoms with Crippen LogP contribution in [0.3, 0.4) is 0 Å². The fourth-order valence-electron chi connectivity index (χ4n) is 4.55. The molecule has 0 radical (unpaired) electrons. The molecule has 0 saturated carbocycles. The first-order valence-corrected chi connectivity index (χ1v) is 17.0. The van der Waals surface area contributed by atoms with Crippen LogP contribution in [0, 0.1) is 25.3 Å². The number of alkyl carbamates (subject to hydrolysis) is 1. The molecule has 1 N–H and O–H groups in total. The Morgan fingerprint density at radius 1 is 1.00 bits per heavy atom. The Morgan fingerprint density at radius 2 is 1.58 bits per heavy atom. The van der Waals surface area contributed by atoms with Crippen LogP contribution < -0.4 is 9.50 Å². The van der Waals surface area contributed by atoms with Gasteiger partial charge in [0.15, 0.2) is 5.75 Å². The second kappa shape index (κ2) is 10.6. The van der Waals surface area contributed by atoms with Crippen molar-refractivity contribution in [1.29, 1.82) is 0 Å². The predicted molar refractivity (Wildman–Crippen MR) is 149 cm³/mol. The lowest BCUT2D eigenvalue weighted by Crippen LogP contribution is -2.26. The van der Waals surface area contributed by atoms with E-state index in [1.807, 2.05) is 36.4 Å². The first kappa shape index (κ1) is 27.4. The van der Waals surface area contributed by atoms with Crippen molar-refractivity contribution in [3.05, 3.63) is 88.0 Å². The third-order valence-corrected chi connectivity index (χ3v) is 7.65. The van der Waals surface area contributed by atoms with Gasteiger partial charge < -0.3 is 14.2 Å². The molecule has 38 heavy (non-hydrogen) atoms. The monoisotopic (exact) mass is 551 g/mol. The Morgan fingerprint density at radius 3 is 2.13 bits per heavy atom. The molecule has 0 bridgehead atoms. The second-order valence-electron chi connectivity index (χ2n) is 10.3. The van der Waals surface area contributed by atoms with Gasteiger partial charge in [0.25, 0.3) is 0 Å². The van der Waals surface area contributed by atoms with Crippen molar-refractivity contribution in [3.8, 4) is 28.3 Å². The topological polar surface area (TPSA) is 81.7 Å². The maximum absolute atomic E-state index is 13.5. The maximum Gasteiger partial charge on any atom is 0.488 e. The lowest BCUT2D eigenvalue weighted by Gasteiger charge is -2.17. The van der Waals surface area contributed by atoms with Gasteiger partial charge in [-0.05, 0) is 53.3 Å². The zero-order valence-corrected chi connectivity index (χ0v) is 23.8. The van der Waals surface area contributed by atoms with Crippen LogP contribution in [0.4, 0.5) is 8.68 Å². The molecule has 0 aliphatic heterocycles. The Kier molecular flexibility index (Phi) is 7.67. The average Bonchev–Trinajstić information content (AvgIpc) is 3.17. The molecular formula is C29H30FNO5SSi. The second-order valence-corrected chi connectivity index (χ2v) is 16.0. The smallest absolute Gasteiger partial charge is 0.449 e. The van der Waals surface area contributed by atoms with E-state index in [4.69, 9.17) is 4.74 Å². The molecule has 0 heterocycles. The number of carbonyl (C=O) groups excluding carboxylic acids is 1. The van der Waals surface area contributed by atoms with E-state index in [1.165, 1.54) is 0 Å². The van der Waals surface area contributed by atoms with Gasteiger partial charge in [-0.1, -0.05) is 78.0 Å². The molecular weight excluding hydrogens is 521 g/mol. The van der Waals surface area contributed by atoms with Crippen LogP contribution in [0.2, 0.25) is 19.6 Å². The number of benzene rings is 3. The highest BCUT2D eigenvalue weighted by atomic mass is 32.3. The zero-order chi connectivity index (χ0) is 27.7. The van der Waals surface area contributed by atoms with Crippen LogP contribution in [-0.4, -0.2) is 29.2 Å². The van der Waals surface area contributed by atoms with Crippen molar-refractivity contribution in [2.75, 3.05) is 6.61 Å². The van der Waals surface area contributed by atoms with Gasteiger partial charge in [0, 0.05) is 23.6 Å². The molecule has 0 aromatic heterocycles. The van der Waals surface area contributed by atoms with Gasteiger partial charge in [-0.2, -0.15) is 8.42 Å². The number of hydrogen-bond donors (Lipinski definition) is 1. The summed E-state index contributed by atoms with van der Waals surface area (Å²) in [5, 5.41) is 2.72. The normalized spacial score (nSPS) is 12.7. The minimum absolute atomic E-state index is 0.0209. The Hall–Kier alpha value is -3.61.